The number of aryl methyl sites for hydroxylation is 1. The normalized spacial score (nSPS) is 10.4. The predicted octanol–water partition coefficient (Wildman–Crippen LogP) is 4.37. The minimum Gasteiger partial charge on any atom is -0.393 e. The van der Waals surface area contributed by atoms with E-state index in [1.807, 2.05) is 31.2 Å². The maximum atomic E-state index is 11.5. The van der Waals surface area contributed by atoms with Gasteiger partial charge >= 0.3 is 0 Å². The molecular formula is C20H21N5O. The third-order valence-electron chi connectivity index (χ3n) is 4.27. The van der Waals surface area contributed by atoms with Gasteiger partial charge in [-0.3, -0.25) is 4.79 Å². The van der Waals surface area contributed by atoms with E-state index < -0.39 is 0 Å². The maximum Gasteiger partial charge on any atom is 0.159 e. The zero-order chi connectivity index (χ0) is 18.7. The van der Waals surface area contributed by atoms with Crippen molar-refractivity contribution >= 4 is 34.5 Å². The van der Waals surface area contributed by atoms with Crippen molar-refractivity contribution in [2.24, 2.45) is 0 Å². The number of Topliss-reactive ketones (excluding diaryl/α,β-unsaturated/α-hetero) is 1. The molecule has 0 radical (unpaired) electrons. The number of carbonyl (C=O) groups excluding carboxylic acids is 1. The number of nitrogen functional groups attached to an aromatic ring is 1. The summed E-state index contributed by atoms with van der Waals surface area (Å²) in [4.78, 5) is 20.0. The number of hydrogen-bond donors (Lipinski definition) is 3. The first-order chi connectivity index (χ1) is 12.5. The van der Waals surface area contributed by atoms with Gasteiger partial charge in [-0.25, -0.2) is 9.97 Å². The molecule has 0 saturated heterocycles. The summed E-state index contributed by atoms with van der Waals surface area (Å²) >= 11 is 0. The topological polar surface area (TPSA) is 92.9 Å². The molecule has 3 aromatic rings. The van der Waals surface area contributed by atoms with Crippen LogP contribution in [0.15, 0.2) is 48.8 Å². The highest BCUT2D eigenvalue weighted by molar-refractivity contribution is 5.95. The smallest absolute Gasteiger partial charge is 0.159 e. The van der Waals surface area contributed by atoms with Crippen molar-refractivity contribution in [1.82, 2.24) is 9.97 Å². The van der Waals surface area contributed by atoms with Gasteiger partial charge < -0.3 is 16.4 Å². The number of ketones is 1. The standard InChI is InChI=1S/C20H21N5O/c1-12-6-4-9-17(13(12)2)25-20-18(21)19(22-11-23-20)24-16-8-5-7-15(10-16)14(3)26/h4-11H,21H2,1-3H3,(H2,22,23,24,25). The molecule has 0 aliphatic rings. The SMILES string of the molecule is CC(=O)c1cccc(Nc2ncnc(Nc3cccc(C)c3C)c2N)c1. The molecule has 0 aliphatic carbocycles. The molecule has 0 saturated carbocycles. The number of carbonyl (C=O) groups is 1. The Morgan fingerprint density at radius 1 is 1.00 bits per heavy atom. The zero-order valence-corrected chi connectivity index (χ0v) is 15.0. The van der Waals surface area contributed by atoms with Gasteiger partial charge in [0.25, 0.3) is 0 Å². The molecular weight excluding hydrogens is 326 g/mol. The second-order valence-corrected chi connectivity index (χ2v) is 6.12. The van der Waals surface area contributed by atoms with Crippen LogP contribution in [0.2, 0.25) is 0 Å². The highest BCUT2D eigenvalue weighted by atomic mass is 16.1. The molecule has 6 heteroatoms. The van der Waals surface area contributed by atoms with Crippen molar-refractivity contribution in [3.8, 4) is 0 Å². The van der Waals surface area contributed by atoms with E-state index in [9.17, 15) is 4.79 Å². The lowest BCUT2D eigenvalue weighted by molar-refractivity contribution is 0.101. The van der Waals surface area contributed by atoms with E-state index in [0.717, 1.165) is 16.9 Å². The van der Waals surface area contributed by atoms with Crippen LogP contribution in [-0.4, -0.2) is 15.8 Å². The summed E-state index contributed by atoms with van der Waals surface area (Å²) in [7, 11) is 0. The second kappa shape index (κ2) is 7.23. The minimum atomic E-state index is 0.00147. The fraction of sp³-hybridized carbons (Fsp3) is 0.150. The molecule has 0 aliphatic heterocycles. The molecule has 0 amide bonds. The number of anilines is 5. The first kappa shape index (κ1) is 17.4. The molecule has 132 valence electrons. The van der Waals surface area contributed by atoms with Gasteiger partial charge in [0.1, 0.15) is 12.0 Å². The van der Waals surface area contributed by atoms with Crippen LogP contribution in [0.5, 0.6) is 0 Å². The number of aromatic nitrogens is 2. The largest absolute Gasteiger partial charge is 0.393 e. The van der Waals surface area contributed by atoms with Crippen molar-refractivity contribution < 1.29 is 4.79 Å². The number of nitrogens with one attached hydrogen (secondary N) is 2. The number of nitrogens with two attached hydrogens (primary N) is 1. The summed E-state index contributed by atoms with van der Waals surface area (Å²) in [6.45, 7) is 5.63. The second-order valence-electron chi connectivity index (χ2n) is 6.12. The molecule has 2 aromatic carbocycles. The third kappa shape index (κ3) is 3.64. The van der Waals surface area contributed by atoms with Crippen molar-refractivity contribution in [1.29, 1.82) is 0 Å². The van der Waals surface area contributed by atoms with E-state index in [2.05, 4.69) is 33.6 Å². The first-order valence-electron chi connectivity index (χ1n) is 8.27. The van der Waals surface area contributed by atoms with Gasteiger partial charge in [-0.1, -0.05) is 24.3 Å². The summed E-state index contributed by atoms with van der Waals surface area (Å²) in [6, 6.07) is 13.2. The fourth-order valence-electron chi connectivity index (χ4n) is 2.56. The predicted molar refractivity (Wildman–Crippen MR) is 105 cm³/mol. The van der Waals surface area contributed by atoms with Gasteiger partial charge in [-0.05, 0) is 50.1 Å². The zero-order valence-electron chi connectivity index (χ0n) is 15.0. The summed E-state index contributed by atoms with van der Waals surface area (Å²) < 4.78 is 0. The van der Waals surface area contributed by atoms with Gasteiger partial charge in [-0.2, -0.15) is 0 Å². The van der Waals surface area contributed by atoms with Crippen LogP contribution < -0.4 is 16.4 Å². The van der Waals surface area contributed by atoms with Gasteiger partial charge in [0, 0.05) is 16.9 Å². The van der Waals surface area contributed by atoms with Gasteiger partial charge in [0.05, 0.1) is 0 Å². The third-order valence-corrected chi connectivity index (χ3v) is 4.27. The van der Waals surface area contributed by atoms with Gasteiger partial charge in [0.15, 0.2) is 17.4 Å². The summed E-state index contributed by atoms with van der Waals surface area (Å²) in [6.07, 6.45) is 1.45. The van der Waals surface area contributed by atoms with Gasteiger partial charge in [0.2, 0.25) is 0 Å². The quantitative estimate of drug-likeness (QED) is 0.594. The lowest BCUT2D eigenvalue weighted by Crippen LogP contribution is -2.06. The molecule has 3 rings (SSSR count). The lowest BCUT2D eigenvalue weighted by Gasteiger charge is -2.15. The average molecular weight is 347 g/mol. The van der Waals surface area contributed by atoms with Crippen LogP contribution >= 0.6 is 0 Å². The van der Waals surface area contributed by atoms with Gasteiger partial charge in [-0.15, -0.1) is 0 Å². The van der Waals surface area contributed by atoms with E-state index >= 15 is 0 Å². The Morgan fingerprint density at radius 3 is 2.42 bits per heavy atom. The van der Waals surface area contributed by atoms with Crippen LogP contribution in [0, 0.1) is 13.8 Å². The van der Waals surface area contributed by atoms with Crippen molar-refractivity contribution in [2.75, 3.05) is 16.4 Å². The fourth-order valence-corrected chi connectivity index (χ4v) is 2.56. The summed E-state index contributed by atoms with van der Waals surface area (Å²) in [5.41, 5.74) is 11.3. The lowest BCUT2D eigenvalue weighted by atomic mass is 10.1. The van der Waals surface area contributed by atoms with Crippen molar-refractivity contribution in [3.63, 3.8) is 0 Å². The minimum absolute atomic E-state index is 0.00147. The highest BCUT2D eigenvalue weighted by Crippen LogP contribution is 2.30. The van der Waals surface area contributed by atoms with E-state index in [1.54, 1.807) is 12.1 Å². The molecule has 0 atom stereocenters. The van der Waals surface area contributed by atoms with E-state index in [-0.39, 0.29) is 5.78 Å². The van der Waals surface area contributed by atoms with Crippen LogP contribution in [0.25, 0.3) is 0 Å². The Balaban J connectivity index is 1.89. The first-order valence-corrected chi connectivity index (χ1v) is 8.27. The van der Waals surface area contributed by atoms with Crippen LogP contribution in [0.3, 0.4) is 0 Å². The summed E-state index contributed by atoms with van der Waals surface area (Å²) in [5.74, 6) is 1.01. The molecule has 26 heavy (non-hydrogen) atoms. The van der Waals surface area contributed by atoms with E-state index in [4.69, 9.17) is 5.73 Å². The van der Waals surface area contributed by atoms with E-state index in [1.165, 1.54) is 18.8 Å². The maximum absolute atomic E-state index is 11.5. The van der Waals surface area contributed by atoms with Crippen molar-refractivity contribution in [3.05, 3.63) is 65.5 Å². The Kier molecular flexibility index (Phi) is 4.84. The molecule has 1 heterocycles. The van der Waals surface area contributed by atoms with Crippen LogP contribution in [0.1, 0.15) is 28.4 Å². The molecule has 4 N–H and O–H groups in total. The Hall–Kier alpha value is -3.41. The Bertz CT molecular complexity index is 968. The number of rotatable bonds is 5. The monoisotopic (exact) mass is 347 g/mol. The molecule has 6 nitrogen and oxygen atoms in total. The number of hydrogen-bond acceptors (Lipinski definition) is 6. The number of nitrogens with zero attached hydrogens (tertiary/aromatic N) is 2. The molecule has 0 fully saturated rings. The Morgan fingerprint density at radius 2 is 1.69 bits per heavy atom. The van der Waals surface area contributed by atoms with Crippen LogP contribution in [0.4, 0.5) is 28.7 Å². The van der Waals surface area contributed by atoms with Crippen LogP contribution in [-0.2, 0) is 0 Å². The molecule has 0 bridgehead atoms. The molecule has 1 aromatic heterocycles. The average Bonchev–Trinajstić information content (AvgIpc) is 2.62. The Labute approximate surface area is 152 Å². The highest BCUT2D eigenvalue weighted by Gasteiger charge is 2.11. The van der Waals surface area contributed by atoms with E-state index in [0.29, 0.717) is 22.9 Å². The summed E-state index contributed by atoms with van der Waals surface area (Å²) in [5, 5.41) is 6.42. The molecule has 0 spiro atoms. The molecule has 0 unspecified atom stereocenters. The van der Waals surface area contributed by atoms with Crippen molar-refractivity contribution in [2.45, 2.75) is 20.8 Å². The number of benzene rings is 2.